The molecular formula is C22H20N4O4. The SMILES string of the molecule is c1ccc2oc(C3CCN(Cc4nc(-c5ccc6c(c5)OCO6)no4)CC3)nc2c1. The van der Waals surface area contributed by atoms with Crippen molar-refractivity contribution in [1.82, 2.24) is 20.0 Å². The molecule has 2 aliphatic rings. The minimum Gasteiger partial charge on any atom is -0.454 e. The van der Waals surface area contributed by atoms with Crippen LogP contribution in [0.5, 0.6) is 11.5 Å². The highest BCUT2D eigenvalue weighted by Crippen LogP contribution is 2.35. The number of hydrogen-bond donors (Lipinski definition) is 0. The van der Waals surface area contributed by atoms with E-state index < -0.39 is 0 Å². The predicted molar refractivity (Wildman–Crippen MR) is 107 cm³/mol. The van der Waals surface area contributed by atoms with E-state index in [9.17, 15) is 0 Å². The van der Waals surface area contributed by atoms with Gasteiger partial charge in [0.15, 0.2) is 23.0 Å². The number of para-hydroxylation sites is 2. The Morgan fingerprint density at radius 1 is 0.967 bits per heavy atom. The van der Waals surface area contributed by atoms with Gasteiger partial charge < -0.3 is 18.4 Å². The third-order valence-corrected chi connectivity index (χ3v) is 5.70. The van der Waals surface area contributed by atoms with E-state index in [0.29, 0.717) is 29.9 Å². The standard InChI is InChI=1S/C22H20N4O4/c1-2-4-17-16(3-1)23-22(29-17)14-7-9-26(10-8-14)12-20-24-21(25-30-20)15-5-6-18-19(11-15)28-13-27-18/h1-6,11,14H,7-10,12-13H2. The lowest BCUT2D eigenvalue weighted by molar-refractivity contribution is 0.173. The summed E-state index contributed by atoms with van der Waals surface area (Å²) in [7, 11) is 0. The van der Waals surface area contributed by atoms with E-state index in [1.807, 2.05) is 42.5 Å². The van der Waals surface area contributed by atoms with E-state index in [2.05, 4.69) is 20.0 Å². The maximum Gasteiger partial charge on any atom is 0.241 e. The first-order valence-electron chi connectivity index (χ1n) is 10.1. The van der Waals surface area contributed by atoms with Crippen molar-refractivity contribution < 1.29 is 18.4 Å². The summed E-state index contributed by atoms with van der Waals surface area (Å²) in [6, 6.07) is 13.6. The van der Waals surface area contributed by atoms with Gasteiger partial charge in [-0.05, 0) is 56.3 Å². The Morgan fingerprint density at radius 2 is 1.83 bits per heavy atom. The first-order chi connectivity index (χ1) is 14.8. The Hall–Kier alpha value is -3.39. The van der Waals surface area contributed by atoms with Gasteiger partial charge in [-0.15, -0.1) is 0 Å². The van der Waals surface area contributed by atoms with Crippen molar-refractivity contribution in [3.63, 3.8) is 0 Å². The van der Waals surface area contributed by atoms with E-state index in [0.717, 1.165) is 54.2 Å². The Bertz CT molecular complexity index is 1160. The maximum absolute atomic E-state index is 5.96. The molecule has 4 heterocycles. The smallest absolute Gasteiger partial charge is 0.241 e. The van der Waals surface area contributed by atoms with Crippen molar-refractivity contribution in [2.75, 3.05) is 19.9 Å². The average Bonchev–Trinajstić information content (AvgIpc) is 3.52. The summed E-state index contributed by atoms with van der Waals surface area (Å²) < 4.78 is 22.2. The summed E-state index contributed by atoms with van der Waals surface area (Å²) in [5.74, 6) is 3.82. The number of likely N-dealkylation sites (tertiary alicyclic amines) is 1. The van der Waals surface area contributed by atoms with Gasteiger partial charge in [0.05, 0.1) is 6.54 Å². The number of ether oxygens (including phenoxy) is 2. The molecule has 0 spiro atoms. The molecule has 0 bridgehead atoms. The Balaban J connectivity index is 1.10. The summed E-state index contributed by atoms with van der Waals surface area (Å²) >= 11 is 0. The van der Waals surface area contributed by atoms with Crippen molar-refractivity contribution in [1.29, 1.82) is 0 Å². The van der Waals surface area contributed by atoms with Gasteiger partial charge in [0.1, 0.15) is 5.52 Å². The van der Waals surface area contributed by atoms with Crippen LogP contribution in [0.3, 0.4) is 0 Å². The minimum absolute atomic E-state index is 0.246. The first kappa shape index (κ1) is 17.5. The van der Waals surface area contributed by atoms with E-state index in [-0.39, 0.29) is 6.79 Å². The van der Waals surface area contributed by atoms with Crippen molar-refractivity contribution in [3.8, 4) is 22.9 Å². The van der Waals surface area contributed by atoms with Gasteiger partial charge in [-0.25, -0.2) is 4.98 Å². The van der Waals surface area contributed by atoms with Gasteiger partial charge in [0.2, 0.25) is 18.5 Å². The fourth-order valence-corrected chi connectivity index (χ4v) is 4.07. The van der Waals surface area contributed by atoms with Gasteiger partial charge in [-0.3, -0.25) is 4.90 Å². The molecule has 2 aromatic heterocycles. The minimum atomic E-state index is 0.246. The molecule has 8 nitrogen and oxygen atoms in total. The van der Waals surface area contributed by atoms with Crippen LogP contribution < -0.4 is 9.47 Å². The number of benzene rings is 2. The van der Waals surface area contributed by atoms with Crippen LogP contribution >= 0.6 is 0 Å². The largest absolute Gasteiger partial charge is 0.454 e. The van der Waals surface area contributed by atoms with Crippen LogP contribution in [0.4, 0.5) is 0 Å². The van der Waals surface area contributed by atoms with Crippen molar-refractivity contribution in [2.24, 2.45) is 0 Å². The predicted octanol–water partition coefficient (Wildman–Crippen LogP) is 3.99. The lowest BCUT2D eigenvalue weighted by atomic mass is 9.97. The fraction of sp³-hybridized carbons (Fsp3) is 0.318. The van der Waals surface area contributed by atoms with E-state index >= 15 is 0 Å². The molecule has 1 fully saturated rings. The van der Waals surface area contributed by atoms with Gasteiger partial charge in [-0.2, -0.15) is 4.98 Å². The average molecular weight is 404 g/mol. The Morgan fingerprint density at radius 3 is 2.73 bits per heavy atom. The molecule has 0 amide bonds. The highest BCUT2D eigenvalue weighted by molar-refractivity contribution is 5.72. The molecule has 2 aromatic carbocycles. The Kier molecular flexibility index (Phi) is 4.16. The van der Waals surface area contributed by atoms with Gasteiger partial charge >= 0.3 is 0 Å². The molecule has 0 saturated carbocycles. The lowest BCUT2D eigenvalue weighted by Gasteiger charge is -2.29. The summed E-state index contributed by atoms with van der Waals surface area (Å²) in [4.78, 5) is 11.6. The van der Waals surface area contributed by atoms with E-state index in [4.69, 9.17) is 18.4 Å². The number of oxazole rings is 1. The molecule has 8 heteroatoms. The van der Waals surface area contributed by atoms with Crippen LogP contribution in [0, 0.1) is 0 Å². The summed E-state index contributed by atoms with van der Waals surface area (Å²) in [6.45, 7) is 2.75. The zero-order chi connectivity index (χ0) is 19.9. The number of rotatable bonds is 4. The molecule has 0 radical (unpaired) electrons. The molecule has 2 aliphatic heterocycles. The maximum atomic E-state index is 5.96. The van der Waals surface area contributed by atoms with Crippen molar-refractivity contribution in [3.05, 3.63) is 54.2 Å². The summed E-state index contributed by atoms with van der Waals surface area (Å²) in [5, 5.41) is 4.13. The molecule has 30 heavy (non-hydrogen) atoms. The quantitative estimate of drug-likeness (QED) is 0.505. The normalized spacial score (nSPS) is 17.1. The molecule has 0 N–H and O–H groups in total. The molecule has 0 atom stereocenters. The van der Waals surface area contributed by atoms with Crippen LogP contribution in [-0.4, -0.2) is 39.9 Å². The van der Waals surface area contributed by atoms with Gasteiger partial charge in [0, 0.05) is 11.5 Å². The monoisotopic (exact) mass is 404 g/mol. The number of fused-ring (bicyclic) bond motifs is 2. The second-order valence-electron chi connectivity index (χ2n) is 7.65. The molecule has 4 aromatic rings. The second-order valence-corrected chi connectivity index (χ2v) is 7.65. The molecular weight excluding hydrogens is 384 g/mol. The molecule has 6 rings (SSSR count). The molecule has 0 aliphatic carbocycles. The zero-order valence-corrected chi connectivity index (χ0v) is 16.3. The third-order valence-electron chi connectivity index (χ3n) is 5.70. The Labute approximate surface area is 172 Å². The highest BCUT2D eigenvalue weighted by Gasteiger charge is 2.26. The highest BCUT2D eigenvalue weighted by atomic mass is 16.7. The van der Waals surface area contributed by atoms with E-state index in [1.165, 1.54) is 0 Å². The van der Waals surface area contributed by atoms with Crippen LogP contribution in [0.15, 0.2) is 51.4 Å². The van der Waals surface area contributed by atoms with Crippen LogP contribution in [0.1, 0.15) is 30.5 Å². The number of hydrogen-bond acceptors (Lipinski definition) is 8. The third kappa shape index (κ3) is 3.19. The fourth-order valence-electron chi connectivity index (χ4n) is 4.07. The lowest BCUT2D eigenvalue weighted by Crippen LogP contribution is -2.32. The molecule has 152 valence electrons. The van der Waals surface area contributed by atoms with Crippen LogP contribution in [0.2, 0.25) is 0 Å². The number of nitrogens with zero attached hydrogens (tertiary/aromatic N) is 4. The second kappa shape index (κ2) is 7.14. The summed E-state index contributed by atoms with van der Waals surface area (Å²) in [5.41, 5.74) is 2.64. The number of piperidine rings is 1. The van der Waals surface area contributed by atoms with Gasteiger partial charge in [-0.1, -0.05) is 17.3 Å². The molecule has 0 unspecified atom stereocenters. The topological polar surface area (TPSA) is 86.7 Å². The first-order valence-corrected chi connectivity index (χ1v) is 10.1. The van der Waals surface area contributed by atoms with Gasteiger partial charge in [0.25, 0.3) is 0 Å². The molecule has 1 saturated heterocycles. The van der Waals surface area contributed by atoms with E-state index in [1.54, 1.807) is 0 Å². The van der Waals surface area contributed by atoms with Crippen molar-refractivity contribution >= 4 is 11.1 Å². The number of aromatic nitrogens is 3. The van der Waals surface area contributed by atoms with Crippen LogP contribution in [0.25, 0.3) is 22.5 Å². The van der Waals surface area contributed by atoms with Crippen molar-refractivity contribution in [2.45, 2.75) is 25.3 Å². The zero-order valence-electron chi connectivity index (χ0n) is 16.3. The van der Waals surface area contributed by atoms with Crippen LogP contribution in [-0.2, 0) is 6.54 Å². The summed E-state index contributed by atoms with van der Waals surface area (Å²) in [6.07, 6.45) is 1.99.